The third kappa shape index (κ3) is 13.7. The van der Waals surface area contributed by atoms with Crippen LogP contribution < -0.4 is 20.3 Å². The first-order chi connectivity index (χ1) is 40.4. The highest BCUT2D eigenvalue weighted by Gasteiger charge is 2.95. The topological polar surface area (TPSA) is 134 Å². The van der Waals surface area contributed by atoms with Crippen LogP contribution >= 0.6 is 8.53 Å². The van der Waals surface area contributed by atoms with Gasteiger partial charge < -0.3 is 33.3 Å². The quantitative estimate of drug-likeness (QED) is 0.0223. The molecule has 1 amide bonds. The number of rotatable bonds is 28. The number of ether oxygens (including phenoxy) is 4. The Morgan fingerprint density at radius 3 is 1.63 bits per heavy atom. The van der Waals surface area contributed by atoms with Crippen LogP contribution in [0.1, 0.15) is 85.8 Å². The summed E-state index contributed by atoms with van der Waals surface area (Å²) in [4.78, 5) is 26.9. The molecule has 1 aliphatic rings. The van der Waals surface area contributed by atoms with Gasteiger partial charge in [0.1, 0.15) is 29.4 Å². The Balaban J connectivity index is 1.41. The first-order valence-corrected chi connectivity index (χ1v) is 27.3. The molecule has 2 heterocycles. The number of nitrogens with zero attached hydrogens (tertiary/aromatic N) is 3. The molecule has 1 aliphatic heterocycles. The number of aromatic nitrogens is 1. The van der Waals surface area contributed by atoms with Gasteiger partial charge in [0.25, 0.3) is 20.0 Å². The lowest BCUT2D eigenvalue weighted by atomic mass is 9.79. The molecule has 0 spiro atoms. The second-order valence-corrected chi connectivity index (χ2v) is 21.7. The van der Waals surface area contributed by atoms with E-state index >= 15 is 17.6 Å². The second-order valence-electron chi connectivity index (χ2n) is 20.3. The molecule has 1 fully saturated rings. The molecule has 476 valence electrons. The van der Waals surface area contributed by atoms with Crippen LogP contribution in [0.3, 0.4) is 0 Å². The molecule has 12 nitrogen and oxygen atoms in total. The van der Waals surface area contributed by atoms with Crippen LogP contribution in [0.4, 0.5) is 80.3 Å². The standard InChI is InChI=1S/C57H56F17N4O8P/c1-34(2)78(35(3)4)87(84-30-10-28-75)86-44-32-47(77-29-26-41(31-46(77)79)76-48(80)37-11-8-7-9-12-37)85-45(44)33-83-50(39-17-21-42(81-5)22-18-39,40-19-23-43(82-6)24-20-40)38-15-13-36(14-16-38)25-27-49(58,59)51(60,61)52(62,63)53(64,65)54(66,67)55(68,69)56(70,71)57(72,73)74/h7-9,11-24,26,29,31,34-35,44-45,47H,10,25,27,30,32-33H2,1-6H3,(H,76,80)/t44-,45+,47+,87?/m0/s1. The van der Waals surface area contributed by atoms with Gasteiger partial charge in [-0.05, 0) is 98.8 Å². The largest absolute Gasteiger partial charge is 0.497 e. The summed E-state index contributed by atoms with van der Waals surface area (Å²) in [6, 6.07) is 28.7. The highest BCUT2D eigenvalue weighted by atomic mass is 31.2. The molecule has 5 aromatic rings. The Bertz CT molecular complexity index is 3150. The molecule has 1 N–H and O–H groups in total. The number of pyridine rings is 1. The maximum absolute atomic E-state index is 15.3. The molecule has 4 atom stereocenters. The molecular formula is C57H56F17N4O8P. The van der Waals surface area contributed by atoms with E-state index in [1.165, 1.54) is 79.6 Å². The van der Waals surface area contributed by atoms with Gasteiger partial charge in [0.2, 0.25) is 0 Å². The van der Waals surface area contributed by atoms with Crippen LogP contribution in [0.5, 0.6) is 11.5 Å². The number of hydrogen-bond acceptors (Lipinski definition) is 10. The molecule has 1 aromatic heterocycles. The summed E-state index contributed by atoms with van der Waals surface area (Å²) in [5.74, 6) is -57.2. The maximum Gasteiger partial charge on any atom is 0.460 e. The van der Waals surface area contributed by atoms with E-state index in [0.29, 0.717) is 17.1 Å². The molecule has 0 aliphatic carbocycles. The van der Waals surface area contributed by atoms with Crippen molar-refractivity contribution in [3.8, 4) is 17.6 Å². The minimum absolute atomic E-state index is 0.0339. The third-order valence-electron chi connectivity index (χ3n) is 14.0. The number of amides is 1. The van der Waals surface area contributed by atoms with Gasteiger partial charge in [0.05, 0.1) is 46.0 Å². The number of anilines is 1. The highest BCUT2D eigenvalue weighted by Crippen LogP contribution is 2.64. The van der Waals surface area contributed by atoms with E-state index in [-0.39, 0.29) is 53.9 Å². The van der Waals surface area contributed by atoms with Crippen molar-refractivity contribution in [3.05, 3.63) is 160 Å². The summed E-state index contributed by atoms with van der Waals surface area (Å²) in [5.41, 5.74) is -2.08. The molecule has 4 aromatic carbocycles. The number of benzene rings is 4. The zero-order valence-corrected chi connectivity index (χ0v) is 47.6. The Morgan fingerprint density at radius 2 is 1.17 bits per heavy atom. The van der Waals surface area contributed by atoms with Gasteiger partial charge in [-0.1, -0.05) is 66.7 Å². The fourth-order valence-corrected chi connectivity index (χ4v) is 11.1. The summed E-state index contributed by atoms with van der Waals surface area (Å²) in [6.45, 7) is 6.94. The van der Waals surface area contributed by atoms with Crippen LogP contribution in [0.2, 0.25) is 0 Å². The van der Waals surface area contributed by atoms with E-state index in [4.69, 9.17) is 28.0 Å². The van der Waals surface area contributed by atoms with Crippen LogP contribution in [0.25, 0.3) is 0 Å². The van der Waals surface area contributed by atoms with Gasteiger partial charge in [-0.25, -0.2) is 4.67 Å². The predicted molar refractivity (Wildman–Crippen MR) is 281 cm³/mol. The van der Waals surface area contributed by atoms with Crippen molar-refractivity contribution in [2.75, 3.05) is 32.8 Å². The number of alkyl halides is 17. The van der Waals surface area contributed by atoms with Crippen molar-refractivity contribution in [2.24, 2.45) is 0 Å². The Morgan fingerprint density at radius 1 is 0.690 bits per heavy atom. The molecule has 87 heavy (non-hydrogen) atoms. The van der Waals surface area contributed by atoms with Gasteiger partial charge in [-0.3, -0.25) is 14.2 Å². The Kier molecular flexibility index (Phi) is 21.3. The monoisotopic (exact) mass is 1280 g/mol. The molecule has 30 heteroatoms. The molecular weight excluding hydrogens is 1220 g/mol. The second kappa shape index (κ2) is 26.6. The lowest BCUT2D eigenvalue weighted by molar-refractivity contribution is -0.461. The number of hydrogen-bond donors (Lipinski definition) is 1. The van der Waals surface area contributed by atoms with E-state index in [9.17, 15) is 71.9 Å². The molecule has 6 rings (SSSR count). The van der Waals surface area contributed by atoms with Gasteiger partial charge in [-0.15, -0.1) is 0 Å². The molecule has 0 radical (unpaired) electrons. The third-order valence-corrected chi connectivity index (χ3v) is 16.1. The van der Waals surface area contributed by atoms with Crippen molar-refractivity contribution < 1.29 is 107 Å². The van der Waals surface area contributed by atoms with E-state index in [1.807, 2.05) is 38.4 Å². The first-order valence-electron chi connectivity index (χ1n) is 26.1. The van der Waals surface area contributed by atoms with E-state index in [1.54, 1.807) is 30.3 Å². The minimum Gasteiger partial charge on any atom is -0.497 e. The molecule has 1 saturated heterocycles. The van der Waals surface area contributed by atoms with Gasteiger partial charge in [0, 0.05) is 48.4 Å². The van der Waals surface area contributed by atoms with Gasteiger partial charge in [-0.2, -0.15) is 79.9 Å². The number of carbonyl (C=O) groups is 1. The Labute approximate surface area is 488 Å². The zero-order valence-electron chi connectivity index (χ0n) is 46.7. The summed E-state index contributed by atoms with van der Waals surface area (Å²) in [7, 11) is 0.664. The normalized spacial score (nSPS) is 17.2. The number of nitrogens with one attached hydrogen (secondary N) is 1. The average Bonchev–Trinajstić information content (AvgIpc) is 1.03. The van der Waals surface area contributed by atoms with Crippen molar-refractivity contribution in [1.29, 1.82) is 5.26 Å². The summed E-state index contributed by atoms with van der Waals surface area (Å²) < 4.78 is 281. The first kappa shape index (κ1) is 69.5. The SMILES string of the molecule is COc1ccc(C(OC[C@H]2O[C@@H](n3ccc(NC(=O)c4ccccc4)cc3=O)C[C@@H]2OP(OCCC#N)N(C(C)C)C(C)C)(c2ccc(CCC(F)(F)C(F)(F)C(F)(F)C(F)(F)C(F)(F)C(F)(F)C(F)(F)C(F)(F)F)cc2)c2ccc(OC)cc2)cc1. The lowest BCUT2D eigenvalue weighted by Crippen LogP contribution is -2.74. The summed E-state index contributed by atoms with van der Waals surface area (Å²) >= 11 is 0. The highest BCUT2D eigenvalue weighted by molar-refractivity contribution is 7.44. The molecule has 0 bridgehead atoms. The van der Waals surface area contributed by atoms with Crippen molar-refractivity contribution in [1.82, 2.24) is 9.24 Å². The average molecular weight is 1280 g/mol. The lowest BCUT2D eigenvalue weighted by Gasteiger charge is -2.42. The van der Waals surface area contributed by atoms with Crippen LogP contribution in [0, 0.1) is 11.3 Å². The van der Waals surface area contributed by atoms with E-state index < -0.39 is 117 Å². The number of aryl methyl sites for hydroxylation is 1. The van der Waals surface area contributed by atoms with Crippen molar-refractivity contribution in [3.63, 3.8) is 0 Å². The smallest absolute Gasteiger partial charge is 0.460 e. The molecule has 0 saturated carbocycles. The van der Waals surface area contributed by atoms with E-state index in [2.05, 4.69) is 5.32 Å². The van der Waals surface area contributed by atoms with Crippen molar-refractivity contribution in [2.45, 2.75) is 137 Å². The number of nitriles is 1. The summed E-state index contributed by atoms with van der Waals surface area (Å²) in [5, 5.41) is 12.1. The van der Waals surface area contributed by atoms with Crippen LogP contribution in [-0.4, -0.2) is 115 Å². The summed E-state index contributed by atoms with van der Waals surface area (Å²) in [6.07, 6.45) is -14.2. The van der Waals surface area contributed by atoms with Crippen molar-refractivity contribution >= 4 is 20.1 Å². The number of halogens is 17. The fourth-order valence-electron chi connectivity index (χ4n) is 9.31. The number of carbonyl (C=O) groups excluding carboxylic acids is 1. The van der Waals surface area contributed by atoms with Crippen LogP contribution in [0.15, 0.2) is 126 Å². The van der Waals surface area contributed by atoms with Crippen LogP contribution in [-0.2, 0) is 30.5 Å². The van der Waals surface area contributed by atoms with Gasteiger partial charge >= 0.3 is 47.6 Å². The zero-order chi connectivity index (χ0) is 64.9. The molecule has 1 unspecified atom stereocenters. The number of methoxy groups -OCH3 is 2. The minimum atomic E-state index is -8.76. The predicted octanol–water partition coefficient (Wildman–Crippen LogP) is 15.0. The van der Waals surface area contributed by atoms with E-state index in [0.717, 1.165) is 30.3 Å². The fraction of sp³-hybridized carbons (Fsp3) is 0.456. The Hall–Kier alpha value is -6.57. The van der Waals surface area contributed by atoms with Gasteiger partial charge in [0.15, 0.2) is 0 Å². The maximum atomic E-state index is 15.3.